The lowest BCUT2D eigenvalue weighted by atomic mass is 10.1. The molecule has 0 radical (unpaired) electrons. The van der Waals surface area contributed by atoms with Gasteiger partial charge in [0.15, 0.2) is 0 Å². The van der Waals surface area contributed by atoms with Gasteiger partial charge in [-0.3, -0.25) is 9.59 Å². The standard InChI is InChI=1S/C17H14N2O4/c1-12(16(21)13-5-3-2-4-6-13)18-19(11-20)15-9-7-14(8-10-15)17(22)23/h2-11H,1H3,(H,22,23). The zero-order chi connectivity index (χ0) is 16.8. The predicted molar refractivity (Wildman–Crippen MR) is 85.8 cm³/mol. The van der Waals surface area contributed by atoms with E-state index in [4.69, 9.17) is 5.11 Å². The van der Waals surface area contributed by atoms with Crippen molar-refractivity contribution in [3.63, 3.8) is 0 Å². The monoisotopic (exact) mass is 310 g/mol. The van der Waals surface area contributed by atoms with Gasteiger partial charge in [0.25, 0.3) is 0 Å². The second-order valence-electron chi connectivity index (χ2n) is 4.68. The molecular formula is C17H14N2O4. The second kappa shape index (κ2) is 7.13. The first kappa shape index (κ1) is 16.1. The lowest BCUT2D eigenvalue weighted by molar-refractivity contribution is -0.107. The van der Waals surface area contributed by atoms with Gasteiger partial charge in [-0.1, -0.05) is 30.3 Å². The third kappa shape index (κ3) is 3.88. The number of carboxylic acid groups (broad SMARTS) is 1. The Balaban J connectivity index is 2.25. The van der Waals surface area contributed by atoms with Crippen LogP contribution in [-0.4, -0.2) is 29.0 Å². The number of nitrogens with zero attached hydrogens (tertiary/aromatic N) is 2. The first-order chi connectivity index (χ1) is 11.0. The average molecular weight is 310 g/mol. The summed E-state index contributed by atoms with van der Waals surface area (Å²) in [5, 5.41) is 13.8. The summed E-state index contributed by atoms with van der Waals surface area (Å²) >= 11 is 0. The number of benzene rings is 2. The predicted octanol–water partition coefficient (Wildman–Crippen LogP) is 2.61. The second-order valence-corrected chi connectivity index (χ2v) is 4.68. The summed E-state index contributed by atoms with van der Waals surface area (Å²) in [4.78, 5) is 34.3. The Morgan fingerprint density at radius 2 is 1.61 bits per heavy atom. The normalized spacial score (nSPS) is 10.9. The highest BCUT2D eigenvalue weighted by Crippen LogP contribution is 2.15. The summed E-state index contributed by atoms with van der Waals surface area (Å²) in [5.74, 6) is -1.35. The topological polar surface area (TPSA) is 87.0 Å². The molecular weight excluding hydrogens is 296 g/mol. The van der Waals surface area contributed by atoms with Crippen LogP contribution in [0.15, 0.2) is 59.7 Å². The number of hydrogen-bond donors (Lipinski definition) is 1. The Hall–Kier alpha value is -3.28. The number of carbonyl (C=O) groups is 3. The Labute approximate surface area is 132 Å². The number of rotatable bonds is 6. The molecule has 116 valence electrons. The van der Waals surface area contributed by atoms with Crippen LogP contribution in [-0.2, 0) is 4.79 Å². The molecule has 6 nitrogen and oxygen atoms in total. The van der Waals surface area contributed by atoms with Crippen molar-refractivity contribution in [3.8, 4) is 0 Å². The number of Topliss-reactive ketones (excluding diaryl/α,β-unsaturated/α-hetero) is 1. The fraction of sp³-hybridized carbons (Fsp3) is 0.0588. The largest absolute Gasteiger partial charge is 0.478 e. The van der Waals surface area contributed by atoms with Crippen molar-refractivity contribution in [2.75, 3.05) is 5.01 Å². The molecule has 0 bridgehead atoms. The summed E-state index contributed by atoms with van der Waals surface area (Å²) in [6.07, 6.45) is 0.456. The van der Waals surface area contributed by atoms with E-state index in [0.29, 0.717) is 17.7 Å². The highest BCUT2D eigenvalue weighted by atomic mass is 16.4. The molecule has 23 heavy (non-hydrogen) atoms. The first-order valence-corrected chi connectivity index (χ1v) is 6.76. The van der Waals surface area contributed by atoms with Gasteiger partial charge in [0.05, 0.1) is 11.3 Å². The van der Waals surface area contributed by atoms with Crippen LogP contribution in [0.25, 0.3) is 0 Å². The number of carboxylic acids is 1. The Bertz CT molecular complexity index is 752. The lowest BCUT2D eigenvalue weighted by Gasteiger charge is -2.12. The van der Waals surface area contributed by atoms with Gasteiger partial charge in [0.1, 0.15) is 5.71 Å². The molecule has 1 amide bonds. The molecule has 2 aromatic rings. The van der Waals surface area contributed by atoms with Crippen LogP contribution in [0.1, 0.15) is 27.6 Å². The maximum atomic E-state index is 12.2. The van der Waals surface area contributed by atoms with E-state index in [9.17, 15) is 14.4 Å². The molecule has 0 unspecified atom stereocenters. The van der Waals surface area contributed by atoms with Crippen LogP contribution in [0.3, 0.4) is 0 Å². The van der Waals surface area contributed by atoms with Crippen molar-refractivity contribution in [1.29, 1.82) is 0 Å². The van der Waals surface area contributed by atoms with Crippen LogP contribution in [0, 0.1) is 0 Å². The number of carbonyl (C=O) groups excluding carboxylic acids is 2. The third-order valence-electron chi connectivity index (χ3n) is 3.10. The van der Waals surface area contributed by atoms with Gasteiger partial charge in [-0.25, -0.2) is 9.80 Å². The van der Waals surface area contributed by atoms with Crippen LogP contribution in [0.5, 0.6) is 0 Å². The molecule has 0 aliphatic rings. The van der Waals surface area contributed by atoms with Gasteiger partial charge in [-0.2, -0.15) is 5.10 Å². The number of hydrazone groups is 1. The highest BCUT2D eigenvalue weighted by Gasteiger charge is 2.12. The van der Waals surface area contributed by atoms with Crippen molar-refractivity contribution < 1.29 is 19.5 Å². The van der Waals surface area contributed by atoms with Gasteiger partial charge in [-0.15, -0.1) is 0 Å². The number of hydrogen-bond acceptors (Lipinski definition) is 4. The van der Waals surface area contributed by atoms with Crippen LogP contribution in [0.2, 0.25) is 0 Å². The van der Waals surface area contributed by atoms with Crippen LogP contribution in [0.4, 0.5) is 5.69 Å². The molecule has 0 spiro atoms. The Morgan fingerprint density at radius 1 is 1.00 bits per heavy atom. The molecule has 0 heterocycles. The van der Waals surface area contributed by atoms with E-state index < -0.39 is 5.97 Å². The van der Waals surface area contributed by atoms with Gasteiger partial charge in [0, 0.05) is 5.56 Å². The summed E-state index contributed by atoms with van der Waals surface area (Å²) in [6.45, 7) is 1.51. The van der Waals surface area contributed by atoms with Crippen molar-refractivity contribution in [1.82, 2.24) is 0 Å². The summed E-state index contributed by atoms with van der Waals surface area (Å²) in [7, 11) is 0. The molecule has 0 fully saturated rings. The maximum Gasteiger partial charge on any atom is 0.335 e. The zero-order valence-corrected chi connectivity index (χ0v) is 12.3. The minimum atomic E-state index is -1.06. The molecule has 0 saturated heterocycles. The molecule has 0 aromatic heterocycles. The van der Waals surface area contributed by atoms with Crippen molar-refractivity contribution in [3.05, 3.63) is 65.7 Å². The molecule has 0 aliphatic carbocycles. The molecule has 2 aromatic carbocycles. The van der Waals surface area contributed by atoms with E-state index in [1.807, 2.05) is 0 Å². The Kier molecular flexibility index (Phi) is 4.99. The van der Waals surface area contributed by atoms with Gasteiger partial charge >= 0.3 is 5.97 Å². The van der Waals surface area contributed by atoms with Gasteiger partial charge in [-0.05, 0) is 31.2 Å². The summed E-state index contributed by atoms with van der Waals surface area (Å²) in [6, 6.07) is 14.2. The number of anilines is 1. The van der Waals surface area contributed by atoms with E-state index in [1.165, 1.54) is 31.2 Å². The zero-order valence-electron chi connectivity index (χ0n) is 12.3. The third-order valence-corrected chi connectivity index (χ3v) is 3.10. The van der Waals surface area contributed by atoms with E-state index >= 15 is 0 Å². The van der Waals surface area contributed by atoms with Gasteiger partial charge < -0.3 is 5.11 Å². The van der Waals surface area contributed by atoms with Crippen molar-refractivity contribution >= 4 is 29.6 Å². The van der Waals surface area contributed by atoms with Crippen LogP contribution < -0.4 is 5.01 Å². The number of amides is 1. The summed E-state index contributed by atoms with van der Waals surface area (Å²) < 4.78 is 0. The van der Waals surface area contributed by atoms with Gasteiger partial charge in [0.2, 0.25) is 12.2 Å². The average Bonchev–Trinajstić information content (AvgIpc) is 2.59. The number of ketones is 1. The Morgan fingerprint density at radius 3 is 2.13 bits per heavy atom. The molecule has 2 rings (SSSR count). The maximum absolute atomic E-state index is 12.2. The minimum Gasteiger partial charge on any atom is -0.478 e. The molecule has 1 N–H and O–H groups in total. The molecule has 0 aliphatic heterocycles. The van der Waals surface area contributed by atoms with Crippen molar-refractivity contribution in [2.45, 2.75) is 6.92 Å². The van der Waals surface area contributed by atoms with E-state index in [0.717, 1.165) is 5.01 Å². The van der Waals surface area contributed by atoms with Crippen molar-refractivity contribution in [2.24, 2.45) is 5.10 Å². The number of aromatic carboxylic acids is 1. The SMILES string of the molecule is CC(=NN(C=O)c1ccc(C(=O)O)cc1)C(=O)c1ccccc1. The molecule has 0 atom stereocenters. The smallest absolute Gasteiger partial charge is 0.335 e. The van der Waals surface area contributed by atoms with E-state index in [2.05, 4.69) is 5.10 Å². The molecule has 0 saturated carbocycles. The fourth-order valence-electron chi connectivity index (χ4n) is 1.90. The summed E-state index contributed by atoms with van der Waals surface area (Å²) in [5.41, 5.74) is 1.08. The van der Waals surface area contributed by atoms with E-state index in [-0.39, 0.29) is 17.1 Å². The quantitative estimate of drug-likeness (QED) is 0.384. The van der Waals surface area contributed by atoms with E-state index in [1.54, 1.807) is 30.3 Å². The first-order valence-electron chi connectivity index (χ1n) is 6.76. The lowest BCUT2D eigenvalue weighted by Crippen LogP contribution is -2.20. The minimum absolute atomic E-state index is 0.0978. The fourth-order valence-corrected chi connectivity index (χ4v) is 1.90. The highest BCUT2D eigenvalue weighted by molar-refractivity contribution is 6.45. The van der Waals surface area contributed by atoms with Crippen LogP contribution >= 0.6 is 0 Å². The molecule has 6 heteroatoms.